The fourth-order valence-electron chi connectivity index (χ4n) is 3.78. The van der Waals surface area contributed by atoms with E-state index >= 15 is 0 Å². The van der Waals surface area contributed by atoms with E-state index in [2.05, 4.69) is 0 Å². The summed E-state index contributed by atoms with van der Waals surface area (Å²) in [7, 11) is 9.31. The number of benzene rings is 2. The maximum atomic E-state index is 12.8. The van der Waals surface area contributed by atoms with E-state index < -0.39 is 0 Å². The van der Waals surface area contributed by atoms with E-state index in [1.165, 1.54) is 14.2 Å². The van der Waals surface area contributed by atoms with Gasteiger partial charge in [-0.15, -0.1) is 0 Å². The van der Waals surface area contributed by atoms with Crippen LogP contribution in [0.2, 0.25) is 0 Å². The van der Waals surface area contributed by atoms with E-state index in [0.717, 1.165) is 11.1 Å². The molecule has 150 valence electrons. The highest BCUT2D eigenvalue weighted by Crippen LogP contribution is 2.54. The average Bonchev–Trinajstić information content (AvgIpc) is 3.06. The van der Waals surface area contributed by atoms with E-state index in [1.54, 1.807) is 46.6 Å². The van der Waals surface area contributed by atoms with Gasteiger partial charge in [0.05, 0.1) is 42.7 Å². The molecule has 0 N–H and O–H groups in total. The zero-order valence-corrected chi connectivity index (χ0v) is 16.9. The van der Waals surface area contributed by atoms with Gasteiger partial charge in [0.1, 0.15) is 17.2 Å². The molecule has 1 unspecified atom stereocenters. The van der Waals surface area contributed by atoms with Crippen LogP contribution in [-0.2, 0) is 0 Å². The summed E-state index contributed by atoms with van der Waals surface area (Å²) in [5.74, 6) is 2.74. The van der Waals surface area contributed by atoms with Gasteiger partial charge in [0.25, 0.3) is 0 Å². The minimum atomic E-state index is -0.326. The van der Waals surface area contributed by atoms with E-state index in [-0.39, 0.29) is 18.1 Å². The van der Waals surface area contributed by atoms with Crippen LogP contribution in [0.25, 0.3) is 0 Å². The first-order chi connectivity index (χ1) is 13.5. The molecule has 7 nitrogen and oxygen atoms in total. The Morgan fingerprint density at radius 3 is 1.71 bits per heavy atom. The summed E-state index contributed by atoms with van der Waals surface area (Å²) in [5.41, 5.74) is 2.02. The number of carbonyl (C=O) groups is 1. The van der Waals surface area contributed by atoms with Gasteiger partial charge in [-0.1, -0.05) is 0 Å². The molecule has 1 aliphatic rings. The number of carbonyl (C=O) groups excluding carboxylic acids is 1. The first-order valence-corrected chi connectivity index (χ1v) is 8.70. The van der Waals surface area contributed by atoms with Gasteiger partial charge in [0.2, 0.25) is 5.75 Å². The van der Waals surface area contributed by atoms with Gasteiger partial charge in [0, 0.05) is 41.2 Å². The summed E-state index contributed by atoms with van der Waals surface area (Å²) in [6.07, 6.45) is 0.251. The molecule has 0 saturated carbocycles. The van der Waals surface area contributed by atoms with Crippen LogP contribution in [0.15, 0.2) is 18.2 Å². The SMILES string of the molecule is COc1cc(OC)c(C2CC(=O)c3cc(OC)c(OC)c(OC)c32)c(OC)c1. The summed E-state index contributed by atoms with van der Waals surface area (Å²) < 4.78 is 33.1. The lowest BCUT2D eigenvalue weighted by atomic mass is 9.90. The summed E-state index contributed by atoms with van der Waals surface area (Å²) in [4.78, 5) is 12.8. The number of methoxy groups -OCH3 is 6. The Morgan fingerprint density at radius 2 is 1.25 bits per heavy atom. The molecule has 2 aromatic carbocycles. The molecule has 28 heavy (non-hydrogen) atoms. The van der Waals surface area contributed by atoms with Crippen molar-refractivity contribution in [3.63, 3.8) is 0 Å². The Morgan fingerprint density at radius 1 is 0.679 bits per heavy atom. The third kappa shape index (κ3) is 2.96. The topological polar surface area (TPSA) is 72.5 Å². The van der Waals surface area contributed by atoms with Crippen molar-refractivity contribution in [2.45, 2.75) is 12.3 Å². The first-order valence-electron chi connectivity index (χ1n) is 8.70. The highest BCUT2D eigenvalue weighted by molar-refractivity contribution is 6.04. The number of ether oxygens (including phenoxy) is 6. The fraction of sp³-hybridized carbons (Fsp3) is 0.381. The Kier molecular flexibility index (Phi) is 5.53. The van der Waals surface area contributed by atoms with Gasteiger partial charge in [-0.2, -0.15) is 0 Å². The molecule has 0 heterocycles. The molecule has 0 fully saturated rings. The lowest BCUT2D eigenvalue weighted by Gasteiger charge is -2.22. The van der Waals surface area contributed by atoms with Gasteiger partial charge in [0.15, 0.2) is 17.3 Å². The number of ketones is 1. The fourth-order valence-corrected chi connectivity index (χ4v) is 3.78. The van der Waals surface area contributed by atoms with Crippen LogP contribution < -0.4 is 28.4 Å². The third-order valence-electron chi connectivity index (χ3n) is 5.01. The Balaban J connectivity index is 2.31. The monoisotopic (exact) mass is 388 g/mol. The van der Waals surface area contributed by atoms with Crippen molar-refractivity contribution in [1.29, 1.82) is 0 Å². The van der Waals surface area contributed by atoms with Crippen molar-refractivity contribution < 1.29 is 33.2 Å². The van der Waals surface area contributed by atoms with E-state index in [1.807, 2.05) is 0 Å². The van der Waals surface area contributed by atoms with Crippen LogP contribution >= 0.6 is 0 Å². The standard InChI is InChI=1S/C21H24O7/c1-23-11-7-15(24-2)19(16(8-11)25-3)13-9-14(22)12-10-17(26-4)20(27-5)21(28-6)18(12)13/h7-8,10,13H,9H2,1-6H3. The predicted octanol–water partition coefficient (Wildman–Crippen LogP) is 3.46. The number of hydrogen-bond acceptors (Lipinski definition) is 7. The second-order valence-electron chi connectivity index (χ2n) is 6.23. The molecule has 0 spiro atoms. The molecule has 1 atom stereocenters. The Bertz CT molecular complexity index is 879. The van der Waals surface area contributed by atoms with Crippen molar-refractivity contribution in [2.24, 2.45) is 0 Å². The Hall–Kier alpha value is -3.09. The second-order valence-corrected chi connectivity index (χ2v) is 6.23. The highest BCUT2D eigenvalue weighted by Gasteiger charge is 2.39. The molecular formula is C21H24O7. The molecule has 0 aliphatic heterocycles. The van der Waals surface area contributed by atoms with Crippen molar-refractivity contribution in [2.75, 3.05) is 42.7 Å². The number of hydrogen-bond donors (Lipinski definition) is 0. The van der Waals surface area contributed by atoms with E-state index in [0.29, 0.717) is 40.1 Å². The molecule has 2 aromatic rings. The van der Waals surface area contributed by atoms with Crippen molar-refractivity contribution in [1.82, 2.24) is 0 Å². The summed E-state index contributed by atoms with van der Waals surface area (Å²) >= 11 is 0. The second kappa shape index (κ2) is 7.88. The van der Waals surface area contributed by atoms with Gasteiger partial charge < -0.3 is 28.4 Å². The predicted molar refractivity (Wildman–Crippen MR) is 103 cm³/mol. The molecule has 0 bridgehead atoms. The van der Waals surface area contributed by atoms with Gasteiger partial charge in [-0.3, -0.25) is 4.79 Å². The minimum absolute atomic E-state index is 0.0147. The van der Waals surface area contributed by atoms with Crippen LogP contribution in [0.5, 0.6) is 34.5 Å². The largest absolute Gasteiger partial charge is 0.496 e. The number of fused-ring (bicyclic) bond motifs is 1. The van der Waals surface area contributed by atoms with Gasteiger partial charge in [-0.05, 0) is 6.07 Å². The smallest absolute Gasteiger partial charge is 0.203 e. The van der Waals surface area contributed by atoms with Gasteiger partial charge >= 0.3 is 0 Å². The third-order valence-corrected chi connectivity index (χ3v) is 5.01. The molecule has 0 aromatic heterocycles. The van der Waals surface area contributed by atoms with Crippen LogP contribution in [-0.4, -0.2) is 48.4 Å². The molecule has 0 radical (unpaired) electrons. The maximum absolute atomic E-state index is 12.8. The van der Waals surface area contributed by atoms with E-state index in [4.69, 9.17) is 28.4 Å². The minimum Gasteiger partial charge on any atom is -0.496 e. The normalized spacial score (nSPS) is 15.1. The van der Waals surface area contributed by atoms with Crippen LogP contribution in [0, 0.1) is 0 Å². The molecule has 1 aliphatic carbocycles. The van der Waals surface area contributed by atoms with Crippen molar-refractivity contribution in [3.05, 3.63) is 34.9 Å². The quantitative estimate of drug-likeness (QED) is 0.719. The van der Waals surface area contributed by atoms with Crippen LogP contribution in [0.3, 0.4) is 0 Å². The zero-order chi connectivity index (χ0) is 20.4. The first kappa shape index (κ1) is 19.7. The zero-order valence-electron chi connectivity index (χ0n) is 16.9. The molecule has 7 heteroatoms. The number of rotatable bonds is 7. The van der Waals surface area contributed by atoms with Crippen molar-refractivity contribution >= 4 is 5.78 Å². The molecular weight excluding hydrogens is 364 g/mol. The van der Waals surface area contributed by atoms with Crippen molar-refractivity contribution in [3.8, 4) is 34.5 Å². The summed E-state index contributed by atoms with van der Waals surface area (Å²) in [5, 5.41) is 0. The maximum Gasteiger partial charge on any atom is 0.203 e. The molecule has 3 rings (SSSR count). The lowest BCUT2D eigenvalue weighted by molar-refractivity contribution is 0.0991. The average molecular weight is 388 g/mol. The molecule has 0 saturated heterocycles. The highest BCUT2D eigenvalue weighted by atomic mass is 16.5. The van der Waals surface area contributed by atoms with Crippen LogP contribution in [0.1, 0.15) is 33.8 Å². The Labute approximate surface area is 164 Å². The molecule has 0 amide bonds. The number of Topliss-reactive ketones (excluding diaryl/α,β-unsaturated/α-hetero) is 1. The van der Waals surface area contributed by atoms with Crippen LogP contribution in [0.4, 0.5) is 0 Å². The lowest BCUT2D eigenvalue weighted by Crippen LogP contribution is -2.06. The summed E-state index contributed by atoms with van der Waals surface area (Å²) in [6.45, 7) is 0. The summed E-state index contributed by atoms with van der Waals surface area (Å²) in [6, 6.07) is 5.24. The van der Waals surface area contributed by atoms with E-state index in [9.17, 15) is 4.79 Å². The van der Waals surface area contributed by atoms with Gasteiger partial charge in [-0.25, -0.2) is 0 Å².